The third-order valence-corrected chi connectivity index (χ3v) is 4.43. The second-order valence-electron chi connectivity index (χ2n) is 6.22. The summed E-state index contributed by atoms with van der Waals surface area (Å²) in [6.07, 6.45) is 5.27. The van der Waals surface area contributed by atoms with Crippen LogP contribution in [0.2, 0.25) is 0 Å². The SMILES string of the molecule is COc1ccccc1[C@@H](CN(C)C)C1(O)CCCCC1. The van der Waals surface area contributed by atoms with Gasteiger partial charge in [0.15, 0.2) is 0 Å². The molecule has 0 aliphatic heterocycles. The first-order chi connectivity index (χ1) is 9.57. The molecule has 0 radical (unpaired) electrons. The molecule has 0 spiro atoms. The molecule has 3 nitrogen and oxygen atoms in total. The maximum atomic E-state index is 11.2. The molecule has 0 bridgehead atoms. The van der Waals surface area contributed by atoms with Crippen LogP contribution in [0.15, 0.2) is 24.3 Å². The van der Waals surface area contributed by atoms with Crippen molar-refractivity contribution in [1.29, 1.82) is 0 Å². The Hall–Kier alpha value is -1.06. The lowest BCUT2D eigenvalue weighted by Gasteiger charge is -2.41. The van der Waals surface area contributed by atoms with Gasteiger partial charge < -0.3 is 14.7 Å². The van der Waals surface area contributed by atoms with E-state index in [0.717, 1.165) is 43.5 Å². The van der Waals surface area contributed by atoms with E-state index in [1.165, 1.54) is 6.42 Å². The number of hydrogen-bond donors (Lipinski definition) is 1. The number of rotatable bonds is 5. The van der Waals surface area contributed by atoms with Gasteiger partial charge in [-0.1, -0.05) is 37.5 Å². The van der Waals surface area contributed by atoms with E-state index in [9.17, 15) is 5.11 Å². The van der Waals surface area contributed by atoms with Crippen molar-refractivity contribution >= 4 is 0 Å². The van der Waals surface area contributed by atoms with Gasteiger partial charge in [-0.15, -0.1) is 0 Å². The van der Waals surface area contributed by atoms with Gasteiger partial charge in [-0.2, -0.15) is 0 Å². The topological polar surface area (TPSA) is 32.7 Å². The molecule has 112 valence electrons. The van der Waals surface area contributed by atoms with Gasteiger partial charge in [-0.05, 0) is 33.0 Å². The van der Waals surface area contributed by atoms with Crippen molar-refractivity contribution in [2.24, 2.45) is 0 Å². The van der Waals surface area contributed by atoms with E-state index in [2.05, 4.69) is 25.1 Å². The van der Waals surface area contributed by atoms with Crippen LogP contribution in [0, 0.1) is 0 Å². The van der Waals surface area contributed by atoms with E-state index in [-0.39, 0.29) is 5.92 Å². The fraction of sp³-hybridized carbons (Fsp3) is 0.647. The number of ether oxygens (including phenoxy) is 1. The van der Waals surface area contributed by atoms with Gasteiger partial charge in [-0.3, -0.25) is 0 Å². The van der Waals surface area contributed by atoms with E-state index in [0.29, 0.717) is 0 Å². The zero-order chi connectivity index (χ0) is 14.6. The molecule has 1 aliphatic carbocycles. The largest absolute Gasteiger partial charge is 0.496 e. The summed E-state index contributed by atoms with van der Waals surface area (Å²) < 4.78 is 5.51. The molecule has 1 aromatic carbocycles. The molecule has 0 unspecified atom stereocenters. The minimum Gasteiger partial charge on any atom is -0.496 e. The molecule has 1 N–H and O–H groups in total. The molecule has 20 heavy (non-hydrogen) atoms. The van der Waals surface area contributed by atoms with Crippen molar-refractivity contribution in [1.82, 2.24) is 4.90 Å². The van der Waals surface area contributed by atoms with Gasteiger partial charge in [0.2, 0.25) is 0 Å². The Bertz CT molecular complexity index is 425. The Balaban J connectivity index is 2.36. The van der Waals surface area contributed by atoms with E-state index in [1.807, 2.05) is 18.2 Å². The predicted molar refractivity (Wildman–Crippen MR) is 82.3 cm³/mol. The Morgan fingerprint density at radius 2 is 1.85 bits per heavy atom. The van der Waals surface area contributed by atoms with Gasteiger partial charge in [0, 0.05) is 18.0 Å². The second kappa shape index (κ2) is 6.59. The summed E-state index contributed by atoms with van der Waals surface area (Å²) in [4.78, 5) is 2.16. The third-order valence-electron chi connectivity index (χ3n) is 4.43. The highest BCUT2D eigenvalue weighted by Gasteiger charge is 2.40. The van der Waals surface area contributed by atoms with Crippen LogP contribution in [0.25, 0.3) is 0 Å². The second-order valence-corrected chi connectivity index (χ2v) is 6.22. The van der Waals surface area contributed by atoms with Crippen LogP contribution >= 0.6 is 0 Å². The van der Waals surface area contributed by atoms with Crippen LogP contribution in [-0.4, -0.2) is 43.4 Å². The molecule has 1 aromatic rings. The van der Waals surface area contributed by atoms with Gasteiger partial charge >= 0.3 is 0 Å². The number of likely N-dealkylation sites (N-methyl/N-ethyl adjacent to an activating group) is 1. The third kappa shape index (κ3) is 3.33. The van der Waals surface area contributed by atoms with Gasteiger partial charge in [0.05, 0.1) is 12.7 Å². The molecule has 0 heterocycles. The lowest BCUT2D eigenvalue weighted by atomic mass is 9.72. The number of aliphatic hydroxyl groups is 1. The zero-order valence-corrected chi connectivity index (χ0v) is 12.9. The van der Waals surface area contributed by atoms with E-state index < -0.39 is 5.60 Å². The van der Waals surface area contributed by atoms with Crippen molar-refractivity contribution in [3.63, 3.8) is 0 Å². The molecule has 0 amide bonds. The van der Waals surface area contributed by atoms with E-state index in [1.54, 1.807) is 7.11 Å². The molecular formula is C17H27NO2. The van der Waals surface area contributed by atoms with Crippen LogP contribution in [0.1, 0.15) is 43.6 Å². The highest BCUT2D eigenvalue weighted by Crippen LogP contribution is 2.42. The summed E-state index contributed by atoms with van der Waals surface area (Å²) in [6, 6.07) is 8.11. The highest BCUT2D eigenvalue weighted by molar-refractivity contribution is 5.38. The Morgan fingerprint density at radius 3 is 2.45 bits per heavy atom. The highest BCUT2D eigenvalue weighted by atomic mass is 16.5. The van der Waals surface area contributed by atoms with Crippen molar-refractivity contribution in [2.75, 3.05) is 27.7 Å². The number of hydrogen-bond acceptors (Lipinski definition) is 3. The van der Waals surface area contributed by atoms with Crippen molar-refractivity contribution in [2.45, 2.75) is 43.6 Å². The minimum atomic E-state index is -0.600. The minimum absolute atomic E-state index is 0.106. The Morgan fingerprint density at radius 1 is 1.20 bits per heavy atom. The molecule has 0 saturated heterocycles. The molecule has 1 aliphatic rings. The smallest absolute Gasteiger partial charge is 0.122 e. The molecule has 1 atom stereocenters. The number of benzene rings is 1. The fourth-order valence-electron chi connectivity index (χ4n) is 3.39. The number of nitrogens with zero attached hydrogens (tertiary/aromatic N) is 1. The summed E-state index contributed by atoms with van der Waals surface area (Å²) in [6.45, 7) is 0.844. The van der Waals surface area contributed by atoms with Gasteiger partial charge in [0.1, 0.15) is 5.75 Å². The van der Waals surface area contributed by atoms with Crippen LogP contribution in [0.5, 0.6) is 5.75 Å². The first-order valence-corrected chi connectivity index (χ1v) is 7.57. The monoisotopic (exact) mass is 277 g/mol. The summed E-state index contributed by atoms with van der Waals surface area (Å²) in [7, 11) is 5.83. The Kier molecular flexibility index (Phi) is 5.06. The summed E-state index contributed by atoms with van der Waals surface area (Å²) in [5.41, 5.74) is 0.532. The van der Waals surface area contributed by atoms with Crippen molar-refractivity contribution in [3.05, 3.63) is 29.8 Å². The maximum absolute atomic E-state index is 11.2. The lowest BCUT2D eigenvalue weighted by molar-refractivity contribution is -0.0283. The van der Waals surface area contributed by atoms with Gasteiger partial charge in [-0.25, -0.2) is 0 Å². The fourth-order valence-corrected chi connectivity index (χ4v) is 3.39. The van der Waals surface area contributed by atoms with Crippen LogP contribution in [-0.2, 0) is 0 Å². The maximum Gasteiger partial charge on any atom is 0.122 e. The van der Waals surface area contributed by atoms with E-state index in [4.69, 9.17) is 4.74 Å². The molecule has 1 fully saturated rings. The zero-order valence-electron chi connectivity index (χ0n) is 12.9. The number of para-hydroxylation sites is 1. The first kappa shape index (κ1) is 15.3. The molecular weight excluding hydrogens is 250 g/mol. The summed E-state index contributed by atoms with van der Waals surface area (Å²) >= 11 is 0. The normalized spacial score (nSPS) is 19.9. The molecule has 1 saturated carbocycles. The van der Waals surface area contributed by atoms with Crippen LogP contribution < -0.4 is 4.74 Å². The first-order valence-electron chi connectivity index (χ1n) is 7.57. The number of methoxy groups -OCH3 is 1. The molecule has 3 heteroatoms. The van der Waals surface area contributed by atoms with E-state index >= 15 is 0 Å². The quantitative estimate of drug-likeness (QED) is 0.898. The van der Waals surface area contributed by atoms with Crippen LogP contribution in [0.3, 0.4) is 0 Å². The van der Waals surface area contributed by atoms with Crippen molar-refractivity contribution in [3.8, 4) is 5.75 Å². The lowest BCUT2D eigenvalue weighted by Crippen LogP contribution is -2.43. The average molecular weight is 277 g/mol. The van der Waals surface area contributed by atoms with Gasteiger partial charge in [0.25, 0.3) is 0 Å². The average Bonchev–Trinajstić information content (AvgIpc) is 2.45. The summed E-state index contributed by atoms with van der Waals surface area (Å²) in [5, 5.41) is 11.2. The standard InChI is InChI=1S/C17H27NO2/c1-18(2)13-15(17(19)11-7-4-8-12-17)14-9-5-6-10-16(14)20-3/h5-6,9-10,15,19H,4,7-8,11-13H2,1-3H3/t15-/m1/s1. The van der Waals surface area contributed by atoms with Crippen molar-refractivity contribution < 1.29 is 9.84 Å². The molecule has 2 rings (SSSR count). The summed E-state index contributed by atoms with van der Waals surface area (Å²) in [5.74, 6) is 0.993. The Labute approximate surface area is 122 Å². The van der Waals surface area contributed by atoms with Crippen LogP contribution in [0.4, 0.5) is 0 Å². The predicted octanol–water partition coefficient (Wildman–Crippen LogP) is 3.04. The molecule has 0 aromatic heterocycles.